The van der Waals surface area contributed by atoms with Gasteiger partial charge in [0.25, 0.3) is 5.91 Å². The average molecular weight is 379 g/mol. The fourth-order valence-corrected chi connectivity index (χ4v) is 3.91. The Kier molecular flexibility index (Phi) is 4.54. The van der Waals surface area contributed by atoms with Crippen LogP contribution in [0.25, 0.3) is 16.6 Å². The van der Waals surface area contributed by atoms with Crippen molar-refractivity contribution >= 4 is 22.8 Å². The molecule has 0 bridgehead atoms. The van der Waals surface area contributed by atoms with Crippen LogP contribution in [0.1, 0.15) is 35.9 Å². The zero-order valence-electron chi connectivity index (χ0n) is 15.7. The van der Waals surface area contributed by atoms with E-state index in [-0.39, 0.29) is 17.6 Å². The molecule has 0 radical (unpaired) electrons. The standard InChI is InChI=1S/C20H21N5O3/c1-12-15(20(27)28)8-5-11-24(12)19(26)17-13(2)25(23-22-17)16-9-3-6-14-7-4-10-21-18(14)16/h3-4,6-7,9-10,12,15H,5,8,11H2,1-2H3,(H,27,28)/t12-,15-/m1/s1. The van der Waals surface area contributed by atoms with Gasteiger partial charge >= 0.3 is 5.97 Å². The first-order chi connectivity index (χ1) is 13.5. The molecule has 1 aliphatic rings. The molecule has 0 unspecified atom stereocenters. The van der Waals surface area contributed by atoms with E-state index >= 15 is 0 Å². The third kappa shape index (κ3) is 2.90. The van der Waals surface area contributed by atoms with Crippen LogP contribution in [0.2, 0.25) is 0 Å². The fourth-order valence-electron chi connectivity index (χ4n) is 3.91. The van der Waals surface area contributed by atoms with Gasteiger partial charge in [0, 0.05) is 24.2 Å². The second-order valence-electron chi connectivity index (χ2n) is 7.11. The van der Waals surface area contributed by atoms with Gasteiger partial charge in [-0.1, -0.05) is 23.4 Å². The molecule has 2 aromatic heterocycles. The number of likely N-dealkylation sites (tertiary alicyclic amines) is 1. The highest BCUT2D eigenvalue weighted by atomic mass is 16.4. The number of nitrogens with zero attached hydrogens (tertiary/aromatic N) is 5. The molecule has 8 nitrogen and oxygen atoms in total. The van der Waals surface area contributed by atoms with E-state index in [0.717, 1.165) is 16.6 Å². The van der Waals surface area contributed by atoms with Crippen molar-refractivity contribution in [2.45, 2.75) is 32.7 Å². The quantitative estimate of drug-likeness (QED) is 0.750. The summed E-state index contributed by atoms with van der Waals surface area (Å²) in [5.41, 5.74) is 2.37. The highest BCUT2D eigenvalue weighted by Crippen LogP contribution is 2.27. The lowest BCUT2D eigenvalue weighted by Crippen LogP contribution is -2.49. The molecule has 0 saturated carbocycles. The molecular formula is C20H21N5O3. The number of carboxylic acids is 1. The van der Waals surface area contributed by atoms with Crippen molar-refractivity contribution in [3.05, 3.63) is 47.9 Å². The van der Waals surface area contributed by atoms with Gasteiger partial charge in [-0.25, -0.2) is 4.68 Å². The second kappa shape index (κ2) is 7.03. The van der Waals surface area contributed by atoms with Crippen LogP contribution >= 0.6 is 0 Å². The van der Waals surface area contributed by atoms with Crippen LogP contribution in [-0.4, -0.2) is 54.4 Å². The van der Waals surface area contributed by atoms with E-state index in [1.165, 1.54) is 0 Å². The number of pyridine rings is 1. The Hall–Kier alpha value is -3.29. The number of benzene rings is 1. The molecule has 1 aromatic carbocycles. The fraction of sp³-hybridized carbons (Fsp3) is 0.350. The second-order valence-corrected chi connectivity index (χ2v) is 7.11. The van der Waals surface area contributed by atoms with Crippen molar-refractivity contribution in [1.82, 2.24) is 24.9 Å². The summed E-state index contributed by atoms with van der Waals surface area (Å²) < 4.78 is 1.62. The first-order valence-electron chi connectivity index (χ1n) is 9.29. The summed E-state index contributed by atoms with van der Waals surface area (Å²) in [4.78, 5) is 30.6. The number of piperidine rings is 1. The molecule has 28 heavy (non-hydrogen) atoms. The van der Waals surface area contributed by atoms with Gasteiger partial charge in [0.05, 0.1) is 22.8 Å². The number of carbonyl (C=O) groups is 2. The first-order valence-corrected chi connectivity index (χ1v) is 9.29. The lowest BCUT2D eigenvalue weighted by Gasteiger charge is -2.37. The summed E-state index contributed by atoms with van der Waals surface area (Å²) >= 11 is 0. The third-order valence-corrected chi connectivity index (χ3v) is 5.50. The number of para-hydroxylation sites is 1. The van der Waals surface area contributed by atoms with E-state index < -0.39 is 11.9 Å². The highest BCUT2D eigenvalue weighted by molar-refractivity contribution is 5.94. The van der Waals surface area contributed by atoms with Crippen LogP contribution in [-0.2, 0) is 4.79 Å². The summed E-state index contributed by atoms with van der Waals surface area (Å²) in [5.74, 6) is -1.71. The molecule has 1 N–H and O–H groups in total. The summed E-state index contributed by atoms with van der Waals surface area (Å²) in [5, 5.41) is 18.7. The SMILES string of the molecule is Cc1c(C(=O)N2CCC[C@@H](C(=O)O)[C@H]2C)nnn1-c1cccc2cccnc12. The monoisotopic (exact) mass is 379 g/mol. The van der Waals surface area contributed by atoms with Crippen molar-refractivity contribution in [3.63, 3.8) is 0 Å². The maximum atomic E-state index is 13.1. The third-order valence-electron chi connectivity index (χ3n) is 5.50. The molecule has 0 aliphatic carbocycles. The van der Waals surface area contributed by atoms with Crippen LogP contribution in [0.15, 0.2) is 36.5 Å². The number of aromatic nitrogens is 4. The Morgan fingerprint density at radius 2 is 2.00 bits per heavy atom. The summed E-state index contributed by atoms with van der Waals surface area (Å²) in [7, 11) is 0. The van der Waals surface area contributed by atoms with Crippen LogP contribution in [0.5, 0.6) is 0 Å². The van der Waals surface area contributed by atoms with Crippen LogP contribution < -0.4 is 0 Å². The van der Waals surface area contributed by atoms with E-state index in [9.17, 15) is 14.7 Å². The van der Waals surface area contributed by atoms with Crippen LogP contribution in [0.4, 0.5) is 0 Å². The van der Waals surface area contributed by atoms with Crippen molar-refractivity contribution in [3.8, 4) is 5.69 Å². The summed E-state index contributed by atoms with van der Waals surface area (Å²) in [6.45, 7) is 4.09. The highest BCUT2D eigenvalue weighted by Gasteiger charge is 2.37. The zero-order valence-corrected chi connectivity index (χ0v) is 15.7. The Labute approximate surface area is 161 Å². The number of fused-ring (bicyclic) bond motifs is 1. The Balaban J connectivity index is 1.70. The van der Waals surface area contributed by atoms with Crippen molar-refractivity contribution in [1.29, 1.82) is 0 Å². The summed E-state index contributed by atoms with van der Waals surface area (Å²) in [6.07, 6.45) is 2.95. The number of hydrogen-bond acceptors (Lipinski definition) is 5. The molecule has 3 aromatic rings. The maximum Gasteiger partial charge on any atom is 0.308 e. The van der Waals surface area contributed by atoms with Gasteiger partial charge in [0.2, 0.25) is 0 Å². The normalized spacial score (nSPS) is 19.7. The number of carboxylic acid groups (broad SMARTS) is 1. The van der Waals surface area contributed by atoms with Gasteiger partial charge in [-0.2, -0.15) is 0 Å². The molecule has 0 spiro atoms. The molecule has 2 atom stereocenters. The van der Waals surface area contributed by atoms with E-state index in [2.05, 4.69) is 15.3 Å². The molecule has 144 valence electrons. The lowest BCUT2D eigenvalue weighted by atomic mass is 9.90. The van der Waals surface area contributed by atoms with Gasteiger partial charge in [-0.3, -0.25) is 14.6 Å². The zero-order chi connectivity index (χ0) is 19.8. The topological polar surface area (TPSA) is 101 Å². The minimum absolute atomic E-state index is 0.242. The van der Waals surface area contributed by atoms with Crippen molar-refractivity contribution in [2.24, 2.45) is 5.92 Å². The van der Waals surface area contributed by atoms with Gasteiger partial charge in [0.1, 0.15) is 0 Å². The number of amides is 1. The van der Waals surface area contributed by atoms with Gasteiger partial charge in [-0.05, 0) is 38.8 Å². The van der Waals surface area contributed by atoms with E-state index in [1.807, 2.05) is 30.3 Å². The van der Waals surface area contributed by atoms with Crippen molar-refractivity contribution < 1.29 is 14.7 Å². The van der Waals surface area contributed by atoms with Gasteiger partial charge < -0.3 is 10.0 Å². The Bertz CT molecular complexity index is 1060. The summed E-state index contributed by atoms with van der Waals surface area (Å²) in [6, 6.07) is 9.20. The maximum absolute atomic E-state index is 13.1. The average Bonchev–Trinajstić information content (AvgIpc) is 3.08. The van der Waals surface area contributed by atoms with E-state index in [4.69, 9.17) is 0 Å². The van der Waals surface area contributed by atoms with Crippen LogP contribution in [0, 0.1) is 12.8 Å². The Morgan fingerprint density at radius 1 is 1.21 bits per heavy atom. The predicted octanol–water partition coefficient (Wildman–Crippen LogP) is 2.45. The smallest absolute Gasteiger partial charge is 0.308 e. The molecule has 1 fully saturated rings. The molecule has 3 heterocycles. The van der Waals surface area contributed by atoms with Crippen molar-refractivity contribution in [2.75, 3.05) is 6.54 Å². The minimum Gasteiger partial charge on any atom is -0.481 e. The molecule has 1 aliphatic heterocycles. The number of rotatable bonds is 3. The molecule has 8 heteroatoms. The Morgan fingerprint density at radius 3 is 2.79 bits per heavy atom. The lowest BCUT2D eigenvalue weighted by molar-refractivity contribution is -0.144. The molecule has 4 rings (SSSR count). The first kappa shape index (κ1) is 18.1. The predicted molar refractivity (Wildman–Crippen MR) is 102 cm³/mol. The van der Waals surface area contributed by atoms with E-state index in [0.29, 0.717) is 25.1 Å². The number of aliphatic carboxylic acids is 1. The van der Waals surface area contributed by atoms with Gasteiger partial charge in [-0.15, -0.1) is 5.10 Å². The largest absolute Gasteiger partial charge is 0.481 e. The molecule has 1 saturated heterocycles. The molecular weight excluding hydrogens is 358 g/mol. The molecule has 1 amide bonds. The van der Waals surface area contributed by atoms with Gasteiger partial charge in [0.15, 0.2) is 5.69 Å². The minimum atomic E-state index is -0.868. The van der Waals surface area contributed by atoms with E-state index in [1.54, 1.807) is 29.6 Å². The number of hydrogen-bond donors (Lipinski definition) is 1. The number of carbonyl (C=O) groups excluding carboxylic acids is 1. The van der Waals surface area contributed by atoms with Crippen LogP contribution in [0.3, 0.4) is 0 Å².